The maximum absolute atomic E-state index is 13.0. The summed E-state index contributed by atoms with van der Waals surface area (Å²) in [6, 6.07) is 5.69. The van der Waals surface area contributed by atoms with E-state index in [0.29, 0.717) is 11.3 Å². The monoisotopic (exact) mass is 349 g/mol. The first-order valence-electron chi connectivity index (χ1n) is 7.59. The van der Waals surface area contributed by atoms with Crippen molar-refractivity contribution < 1.29 is 23.8 Å². The molecule has 0 bridgehead atoms. The van der Waals surface area contributed by atoms with Crippen LogP contribution in [-0.2, 0) is 9.53 Å². The van der Waals surface area contributed by atoms with Crippen molar-refractivity contribution in [3.8, 4) is 5.69 Å². The van der Waals surface area contributed by atoms with E-state index in [-0.39, 0.29) is 24.5 Å². The number of nitrogens with zero attached hydrogens (tertiary/aromatic N) is 2. The molecule has 0 saturated heterocycles. The number of hydrogen-bond acceptors (Lipinski definition) is 4. The van der Waals surface area contributed by atoms with Crippen LogP contribution >= 0.6 is 0 Å². The maximum Gasteiger partial charge on any atom is 0.305 e. The number of carboxylic acids is 1. The molecule has 0 aliphatic heterocycles. The number of aliphatic carboxylic acids is 1. The molecule has 1 aromatic heterocycles. The summed E-state index contributed by atoms with van der Waals surface area (Å²) in [5.74, 6) is -1.91. The zero-order valence-corrected chi connectivity index (χ0v) is 14.2. The number of carboxylic acid groups (broad SMARTS) is 1. The van der Waals surface area contributed by atoms with E-state index < -0.39 is 17.4 Å². The third-order valence-corrected chi connectivity index (χ3v) is 3.62. The molecule has 134 valence electrons. The van der Waals surface area contributed by atoms with Crippen molar-refractivity contribution in [3.05, 3.63) is 47.5 Å². The van der Waals surface area contributed by atoms with Crippen LogP contribution in [0.3, 0.4) is 0 Å². The summed E-state index contributed by atoms with van der Waals surface area (Å²) in [7, 11) is 1.43. The SMILES string of the molecule is COCC(C)(CC(=O)O)NC(=O)c1nn(-c2ccc(F)cc2)cc1C. The fourth-order valence-corrected chi connectivity index (χ4v) is 2.53. The van der Waals surface area contributed by atoms with Crippen LogP contribution in [0.4, 0.5) is 4.39 Å². The van der Waals surface area contributed by atoms with E-state index in [1.54, 1.807) is 32.2 Å². The van der Waals surface area contributed by atoms with E-state index in [2.05, 4.69) is 10.4 Å². The molecular weight excluding hydrogens is 329 g/mol. The second-order valence-electron chi connectivity index (χ2n) is 6.10. The van der Waals surface area contributed by atoms with Crippen LogP contribution in [-0.4, -0.2) is 46.0 Å². The average molecular weight is 349 g/mol. The second-order valence-corrected chi connectivity index (χ2v) is 6.10. The van der Waals surface area contributed by atoms with Crippen molar-refractivity contribution in [2.45, 2.75) is 25.8 Å². The van der Waals surface area contributed by atoms with E-state index >= 15 is 0 Å². The molecule has 1 unspecified atom stereocenters. The minimum Gasteiger partial charge on any atom is -0.481 e. The van der Waals surface area contributed by atoms with E-state index in [1.165, 1.54) is 23.9 Å². The number of nitrogens with one attached hydrogen (secondary N) is 1. The van der Waals surface area contributed by atoms with Gasteiger partial charge in [-0.15, -0.1) is 0 Å². The molecule has 1 atom stereocenters. The Morgan fingerprint density at radius 1 is 1.36 bits per heavy atom. The Labute approximate surface area is 144 Å². The Balaban J connectivity index is 2.24. The highest BCUT2D eigenvalue weighted by Gasteiger charge is 2.31. The van der Waals surface area contributed by atoms with Crippen LogP contribution in [0.25, 0.3) is 5.69 Å². The minimum atomic E-state index is -1.07. The van der Waals surface area contributed by atoms with Crippen LogP contribution in [0.15, 0.2) is 30.5 Å². The van der Waals surface area contributed by atoms with E-state index in [4.69, 9.17) is 9.84 Å². The third-order valence-electron chi connectivity index (χ3n) is 3.62. The zero-order chi connectivity index (χ0) is 18.6. The molecule has 0 aliphatic rings. The van der Waals surface area contributed by atoms with Crippen molar-refractivity contribution in [1.82, 2.24) is 15.1 Å². The van der Waals surface area contributed by atoms with Gasteiger partial charge < -0.3 is 15.2 Å². The number of methoxy groups -OCH3 is 1. The van der Waals surface area contributed by atoms with Gasteiger partial charge in [-0.25, -0.2) is 9.07 Å². The molecule has 0 spiro atoms. The van der Waals surface area contributed by atoms with Crippen LogP contribution in [0.2, 0.25) is 0 Å². The normalized spacial score (nSPS) is 13.3. The number of carbonyl (C=O) groups is 2. The molecule has 2 rings (SSSR count). The summed E-state index contributed by atoms with van der Waals surface area (Å²) in [6.07, 6.45) is 1.36. The number of rotatable bonds is 7. The minimum absolute atomic E-state index is 0.0444. The molecule has 25 heavy (non-hydrogen) atoms. The first-order valence-corrected chi connectivity index (χ1v) is 7.59. The molecule has 7 nitrogen and oxygen atoms in total. The van der Waals surface area contributed by atoms with Gasteiger partial charge in [-0.05, 0) is 38.1 Å². The van der Waals surface area contributed by atoms with Crippen molar-refractivity contribution in [2.24, 2.45) is 0 Å². The standard InChI is InChI=1S/C17H20FN3O4/c1-11-9-21(13-6-4-12(18)5-7-13)20-15(11)16(24)19-17(2,10-25-3)8-14(22)23/h4-7,9H,8,10H2,1-3H3,(H,19,24)(H,22,23). The quantitative estimate of drug-likeness (QED) is 0.797. The summed E-state index contributed by atoms with van der Waals surface area (Å²) >= 11 is 0. The summed E-state index contributed by atoms with van der Waals surface area (Å²) in [5.41, 5.74) is 0.312. The second kappa shape index (κ2) is 7.43. The van der Waals surface area contributed by atoms with Crippen molar-refractivity contribution in [3.63, 3.8) is 0 Å². The molecule has 0 saturated carbocycles. The van der Waals surface area contributed by atoms with Gasteiger partial charge in [0.1, 0.15) is 5.82 Å². The molecule has 0 radical (unpaired) electrons. The van der Waals surface area contributed by atoms with Gasteiger partial charge in [0.2, 0.25) is 0 Å². The lowest BCUT2D eigenvalue weighted by Crippen LogP contribution is -2.51. The third kappa shape index (κ3) is 4.63. The van der Waals surface area contributed by atoms with Gasteiger partial charge in [0.25, 0.3) is 5.91 Å². The molecule has 0 fully saturated rings. The van der Waals surface area contributed by atoms with Gasteiger partial charge in [0.05, 0.1) is 24.3 Å². The predicted molar refractivity (Wildman–Crippen MR) is 88.3 cm³/mol. The predicted octanol–water partition coefficient (Wildman–Crippen LogP) is 1.93. The number of amides is 1. The molecule has 8 heteroatoms. The first-order chi connectivity index (χ1) is 11.7. The Morgan fingerprint density at radius 3 is 2.56 bits per heavy atom. The maximum atomic E-state index is 13.0. The smallest absolute Gasteiger partial charge is 0.305 e. The number of carbonyl (C=O) groups excluding carboxylic acids is 1. The van der Waals surface area contributed by atoms with Gasteiger partial charge in [-0.1, -0.05) is 0 Å². The zero-order valence-electron chi connectivity index (χ0n) is 14.2. The molecule has 1 heterocycles. The summed E-state index contributed by atoms with van der Waals surface area (Å²) in [4.78, 5) is 23.6. The molecule has 2 N–H and O–H groups in total. The summed E-state index contributed by atoms with van der Waals surface area (Å²) in [6.45, 7) is 3.35. The number of aromatic nitrogens is 2. The topological polar surface area (TPSA) is 93.4 Å². The fraction of sp³-hybridized carbons (Fsp3) is 0.353. The lowest BCUT2D eigenvalue weighted by Gasteiger charge is -2.28. The molecular formula is C17H20FN3O4. The Bertz CT molecular complexity index is 773. The Kier molecular flexibility index (Phi) is 5.53. The highest BCUT2D eigenvalue weighted by molar-refractivity contribution is 5.94. The summed E-state index contributed by atoms with van der Waals surface area (Å²) in [5, 5.41) is 15.9. The first kappa shape index (κ1) is 18.6. The van der Waals surface area contributed by atoms with Crippen molar-refractivity contribution in [2.75, 3.05) is 13.7 Å². The van der Waals surface area contributed by atoms with Gasteiger partial charge in [0, 0.05) is 18.9 Å². The van der Waals surface area contributed by atoms with Crippen LogP contribution in [0.1, 0.15) is 29.4 Å². The van der Waals surface area contributed by atoms with Crippen molar-refractivity contribution in [1.29, 1.82) is 0 Å². The van der Waals surface area contributed by atoms with Crippen LogP contribution in [0.5, 0.6) is 0 Å². The van der Waals surface area contributed by atoms with E-state index in [9.17, 15) is 14.0 Å². The number of ether oxygens (including phenoxy) is 1. The number of aryl methyl sites for hydroxylation is 1. The van der Waals surface area contributed by atoms with E-state index in [0.717, 1.165) is 0 Å². The fourth-order valence-electron chi connectivity index (χ4n) is 2.53. The Morgan fingerprint density at radius 2 is 2.00 bits per heavy atom. The van der Waals surface area contributed by atoms with Crippen LogP contribution in [0, 0.1) is 12.7 Å². The van der Waals surface area contributed by atoms with Gasteiger partial charge in [-0.3, -0.25) is 9.59 Å². The number of hydrogen-bond donors (Lipinski definition) is 2. The van der Waals surface area contributed by atoms with Gasteiger partial charge in [0.15, 0.2) is 5.69 Å². The molecule has 1 aromatic carbocycles. The van der Waals surface area contributed by atoms with E-state index in [1.807, 2.05) is 0 Å². The highest BCUT2D eigenvalue weighted by Crippen LogP contribution is 2.16. The van der Waals surface area contributed by atoms with Gasteiger partial charge in [-0.2, -0.15) is 5.10 Å². The Hall–Kier alpha value is -2.74. The molecule has 0 aliphatic carbocycles. The largest absolute Gasteiger partial charge is 0.481 e. The molecule has 1 amide bonds. The lowest BCUT2D eigenvalue weighted by molar-refractivity contribution is -0.139. The van der Waals surface area contributed by atoms with Crippen LogP contribution < -0.4 is 5.32 Å². The van der Waals surface area contributed by atoms with Crippen molar-refractivity contribution >= 4 is 11.9 Å². The number of halogens is 1. The highest BCUT2D eigenvalue weighted by atomic mass is 19.1. The summed E-state index contributed by atoms with van der Waals surface area (Å²) < 4.78 is 19.5. The average Bonchev–Trinajstić information content (AvgIpc) is 2.89. The van der Waals surface area contributed by atoms with Gasteiger partial charge >= 0.3 is 5.97 Å². The molecule has 2 aromatic rings. The number of benzene rings is 1. The lowest BCUT2D eigenvalue weighted by atomic mass is 9.98.